The molecule has 0 N–H and O–H groups in total. The van der Waals surface area contributed by atoms with Gasteiger partial charge in [0, 0.05) is 13.1 Å². The van der Waals surface area contributed by atoms with Crippen molar-refractivity contribution in [3.8, 4) is 5.75 Å². The molecule has 4 nitrogen and oxygen atoms in total. The molecule has 1 amide bonds. The monoisotopic (exact) mass is 307 g/mol. The molecule has 1 aromatic carbocycles. The Bertz CT molecular complexity index is 623. The lowest BCUT2D eigenvalue weighted by molar-refractivity contribution is 0.0711. The summed E-state index contributed by atoms with van der Waals surface area (Å²) < 4.78 is 10.5. The first-order valence-electron chi connectivity index (χ1n) is 6.67. The fourth-order valence-electron chi connectivity index (χ4n) is 2.13. The SMILES string of the molecule is COc1ccccc1CC(C)N(C)C(=O)c1ccc(Cl)o1. The van der Waals surface area contributed by atoms with Crippen molar-refractivity contribution in [1.82, 2.24) is 4.90 Å². The molecule has 0 saturated heterocycles. The van der Waals surface area contributed by atoms with Gasteiger partial charge in [-0.3, -0.25) is 4.79 Å². The highest BCUT2D eigenvalue weighted by Gasteiger charge is 2.21. The lowest BCUT2D eigenvalue weighted by atomic mass is 10.0. The van der Waals surface area contributed by atoms with E-state index in [4.69, 9.17) is 20.8 Å². The molecule has 1 atom stereocenters. The van der Waals surface area contributed by atoms with Gasteiger partial charge in [-0.25, -0.2) is 0 Å². The molecule has 0 aliphatic heterocycles. The number of methoxy groups -OCH3 is 1. The summed E-state index contributed by atoms with van der Waals surface area (Å²) in [6.45, 7) is 1.98. The molecule has 1 aromatic heterocycles. The summed E-state index contributed by atoms with van der Waals surface area (Å²) in [5.41, 5.74) is 1.06. The van der Waals surface area contributed by atoms with Crippen molar-refractivity contribution >= 4 is 17.5 Å². The molecule has 21 heavy (non-hydrogen) atoms. The van der Waals surface area contributed by atoms with E-state index in [9.17, 15) is 4.79 Å². The van der Waals surface area contributed by atoms with Gasteiger partial charge >= 0.3 is 0 Å². The Balaban J connectivity index is 2.09. The Kier molecular flexibility index (Phi) is 4.91. The number of halogens is 1. The third-order valence-electron chi connectivity index (χ3n) is 3.47. The molecule has 112 valence electrons. The second-order valence-corrected chi connectivity index (χ2v) is 5.26. The van der Waals surface area contributed by atoms with Gasteiger partial charge in [-0.1, -0.05) is 18.2 Å². The number of ether oxygens (including phenoxy) is 1. The third-order valence-corrected chi connectivity index (χ3v) is 3.68. The minimum atomic E-state index is -0.190. The number of rotatable bonds is 5. The van der Waals surface area contributed by atoms with E-state index >= 15 is 0 Å². The number of carbonyl (C=O) groups is 1. The smallest absolute Gasteiger partial charge is 0.289 e. The van der Waals surface area contributed by atoms with E-state index in [1.165, 1.54) is 0 Å². The first kappa shape index (κ1) is 15.4. The van der Waals surface area contributed by atoms with Gasteiger partial charge in [-0.15, -0.1) is 0 Å². The van der Waals surface area contributed by atoms with Crippen LogP contribution < -0.4 is 4.74 Å². The zero-order valence-electron chi connectivity index (χ0n) is 12.3. The van der Waals surface area contributed by atoms with Crippen molar-refractivity contribution in [3.63, 3.8) is 0 Å². The van der Waals surface area contributed by atoms with Gasteiger partial charge in [-0.2, -0.15) is 0 Å². The van der Waals surface area contributed by atoms with E-state index < -0.39 is 0 Å². The van der Waals surface area contributed by atoms with Crippen molar-refractivity contribution < 1.29 is 13.9 Å². The van der Waals surface area contributed by atoms with Crippen molar-refractivity contribution in [1.29, 1.82) is 0 Å². The number of hydrogen-bond acceptors (Lipinski definition) is 3. The molecule has 0 saturated carbocycles. The Hall–Kier alpha value is -1.94. The van der Waals surface area contributed by atoms with Crippen molar-refractivity contribution in [2.24, 2.45) is 0 Å². The number of benzene rings is 1. The van der Waals surface area contributed by atoms with Gasteiger partial charge in [0.1, 0.15) is 5.75 Å². The highest BCUT2D eigenvalue weighted by Crippen LogP contribution is 2.21. The summed E-state index contributed by atoms with van der Waals surface area (Å²) in [7, 11) is 3.39. The summed E-state index contributed by atoms with van der Waals surface area (Å²) in [6.07, 6.45) is 0.695. The van der Waals surface area contributed by atoms with Gasteiger partial charge in [0.2, 0.25) is 0 Å². The Labute approximate surface area is 129 Å². The van der Waals surface area contributed by atoms with Crippen LogP contribution in [0, 0.1) is 0 Å². The summed E-state index contributed by atoms with van der Waals surface area (Å²) >= 11 is 5.70. The normalized spacial score (nSPS) is 12.0. The van der Waals surface area contributed by atoms with Crippen molar-refractivity contribution in [3.05, 3.63) is 52.9 Å². The highest BCUT2D eigenvalue weighted by atomic mass is 35.5. The summed E-state index contributed by atoms with van der Waals surface area (Å²) in [6, 6.07) is 10.9. The summed E-state index contributed by atoms with van der Waals surface area (Å²) in [4.78, 5) is 13.9. The summed E-state index contributed by atoms with van der Waals surface area (Å²) in [5.74, 6) is 0.880. The van der Waals surface area contributed by atoms with E-state index in [2.05, 4.69) is 0 Å². The number of furan rings is 1. The average Bonchev–Trinajstić information content (AvgIpc) is 2.92. The van der Waals surface area contributed by atoms with Crippen LogP contribution in [0.15, 0.2) is 40.8 Å². The molecule has 0 aliphatic rings. The number of likely N-dealkylation sites (N-methyl/N-ethyl adjacent to an activating group) is 1. The predicted molar refractivity (Wildman–Crippen MR) is 82.0 cm³/mol. The lowest BCUT2D eigenvalue weighted by Crippen LogP contribution is -2.36. The van der Waals surface area contributed by atoms with Gasteiger partial charge < -0.3 is 14.1 Å². The quantitative estimate of drug-likeness (QED) is 0.847. The molecule has 0 fully saturated rings. The van der Waals surface area contributed by atoms with Crippen LogP contribution in [0.25, 0.3) is 0 Å². The molecule has 0 spiro atoms. The molecular formula is C16H18ClNO3. The van der Waals surface area contributed by atoms with Crippen molar-refractivity contribution in [2.75, 3.05) is 14.2 Å². The maximum absolute atomic E-state index is 12.3. The van der Waals surface area contributed by atoms with E-state index in [0.717, 1.165) is 11.3 Å². The average molecular weight is 308 g/mol. The Morgan fingerprint density at radius 3 is 2.67 bits per heavy atom. The second kappa shape index (κ2) is 6.68. The van der Waals surface area contributed by atoms with Crippen LogP contribution >= 0.6 is 11.6 Å². The predicted octanol–water partition coefficient (Wildman–Crippen LogP) is 3.64. The summed E-state index contributed by atoms with van der Waals surface area (Å²) in [5, 5.41) is 0.212. The van der Waals surface area contributed by atoms with Gasteiger partial charge in [-0.05, 0) is 48.7 Å². The zero-order chi connectivity index (χ0) is 15.4. The number of hydrogen-bond donors (Lipinski definition) is 0. The molecule has 0 bridgehead atoms. The first-order valence-corrected chi connectivity index (χ1v) is 7.05. The number of carbonyl (C=O) groups excluding carboxylic acids is 1. The van der Waals surface area contributed by atoms with Crippen molar-refractivity contribution in [2.45, 2.75) is 19.4 Å². The van der Waals surface area contributed by atoms with Crippen LogP contribution in [0.4, 0.5) is 0 Å². The maximum atomic E-state index is 12.3. The van der Waals surface area contributed by atoms with E-state index in [-0.39, 0.29) is 22.9 Å². The zero-order valence-corrected chi connectivity index (χ0v) is 13.1. The molecule has 1 heterocycles. The Morgan fingerprint density at radius 1 is 1.33 bits per heavy atom. The van der Waals surface area contributed by atoms with Gasteiger partial charge in [0.15, 0.2) is 11.0 Å². The molecule has 0 radical (unpaired) electrons. The van der Waals surface area contributed by atoms with Crippen LogP contribution in [0.5, 0.6) is 5.75 Å². The van der Waals surface area contributed by atoms with Gasteiger partial charge in [0.05, 0.1) is 7.11 Å². The van der Waals surface area contributed by atoms with Gasteiger partial charge in [0.25, 0.3) is 5.91 Å². The maximum Gasteiger partial charge on any atom is 0.289 e. The van der Waals surface area contributed by atoms with Crippen LogP contribution in [-0.4, -0.2) is 31.0 Å². The molecular weight excluding hydrogens is 290 g/mol. The minimum Gasteiger partial charge on any atom is -0.496 e. The molecule has 1 unspecified atom stereocenters. The molecule has 2 rings (SSSR count). The molecule has 2 aromatic rings. The topological polar surface area (TPSA) is 42.7 Å². The standard InChI is InChI=1S/C16H18ClNO3/c1-11(10-12-6-4-5-7-13(12)20-3)18(2)16(19)14-8-9-15(17)21-14/h4-9,11H,10H2,1-3H3. The number of nitrogens with zero attached hydrogens (tertiary/aromatic N) is 1. The second-order valence-electron chi connectivity index (χ2n) is 4.88. The fraction of sp³-hybridized carbons (Fsp3) is 0.312. The highest BCUT2D eigenvalue weighted by molar-refractivity contribution is 6.29. The van der Waals surface area contributed by atoms with E-state index in [1.54, 1.807) is 31.2 Å². The fourth-order valence-corrected chi connectivity index (χ4v) is 2.28. The third kappa shape index (κ3) is 3.58. The van der Waals surface area contributed by atoms with Crippen LogP contribution in [0.1, 0.15) is 23.0 Å². The van der Waals surface area contributed by atoms with Crippen LogP contribution in [0.2, 0.25) is 5.22 Å². The lowest BCUT2D eigenvalue weighted by Gasteiger charge is -2.24. The molecule has 0 aliphatic carbocycles. The van der Waals surface area contributed by atoms with Crippen LogP contribution in [-0.2, 0) is 6.42 Å². The van der Waals surface area contributed by atoms with Crippen LogP contribution in [0.3, 0.4) is 0 Å². The largest absolute Gasteiger partial charge is 0.496 e. The number of amides is 1. The van der Waals surface area contributed by atoms with E-state index in [1.807, 2.05) is 31.2 Å². The molecule has 5 heteroatoms. The first-order chi connectivity index (χ1) is 10.0. The minimum absolute atomic E-state index is 0.00215. The Morgan fingerprint density at radius 2 is 2.05 bits per heavy atom. The number of para-hydroxylation sites is 1. The van der Waals surface area contributed by atoms with E-state index in [0.29, 0.717) is 6.42 Å².